The summed E-state index contributed by atoms with van der Waals surface area (Å²) in [5, 5.41) is 5.08. The summed E-state index contributed by atoms with van der Waals surface area (Å²) < 4.78 is 4.55. The van der Waals surface area contributed by atoms with Crippen LogP contribution in [0.5, 0.6) is 0 Å². The smallest absolute Gasteiger partial charge is 0.221 e. The maximum absolute atomic E-state index is 12.4. The summed E-state index contributed by atoms with van der Waals surface area (Å²) in [5.41, 5.74) is 3.40. The summed E-state index contributed by atoms with van der Waals surface area (Å²) in [5.74, 6) is 1.28. The molecule has 3 rings (SSSR count). The number of benzene rings is 2. The standard InChI is InChI=1S/C25H30Cl2N4OS/c1-17(2)16-31(25-29-23(30-33-25)14-19-6-4-18(3)5-7-19)13-11-24(32)28-12-10-20-8-9-21(26)15-22(20)27/h4-9,15,17H,10-14,16H2,1-3H3,(H,28,32). The second-order valence-electron chi connectivity index (χ2n) is 8.58. The highest BCUT2D eigenvalue weighted by Gasteiger charge is 2.16. The summed E-state index contributed by atoms with van der Waals surface area (Å²) >= 11 is 13.5. The van der Waals surface area contributed by atoms with Gasteiger partial charge in [-0.1, -0.05) is 72.9 Å². The molecule has 176 valence electrons. The molecular formula is C25H30Cl2N4OS. The fourth-order valence-corrected chi connectivity index (χ4v) is 4.65. The van der Waals surface area contributed by atoms with Gasteiger partial charge >= 0.3 is 0 Å². The molecule has 33 heavy (non-hydrogen) atoms. The number of nitrogens with one attached hydrogen (secondary N) is 1. The van der Waals surface area contributed by atoms with Gasteiger partial charge in [0.1, 0.15) is 5.82 Å². The monoisotopic (exact) mass is 504 g/mol. The molecule has 0 saturated carbocycles. The molecular weight excluding hydrogens is 475 g/mol. The normalized spacial score (nSPS) is 11.1. The highest BCUT2D eigenvalue weighted by Crippen LogP contribution is 2.22. The molecule has 0 bridgehead atoms. The Morgan fingerprint density at radius 3 is 2.61 bits per heavy atom. The number of rotatable bonds is 11. The Labute approximate surface area is 210 Å². The second kappa shape index (κ2) is 12.4. The van der Waals surface area contributed by atoms with Gasteiger partial charge in [-0.15, -0.1) is 0 Å². The lowest BCUT2D eigenvalue weighted by Crippen LogP contribution is -2.33. The molecule has 0 unspecified atom stereocenters. The van der Waals surface area contributed by atoms with Crippen LogP contribution in [-0.2, 0) is 17.6 Å². The van der Waals surface area contributed by atoms with Crippen LogP contribution in [0.25, 0.3) is 0 Å². The van der Waals surface area contributed by atoms with Crippen molar-refractivity contribution in [1.82, 2.24) is 14.7 Å². The third-order valence-electron chi connectivity index (χ3n) is 5.14. The average molecular weight is 506 g/mol. The van der Waals surface area contributed by atoms with Gasteiger partial charge in [-0.25, -0.2) is 4.98 Å². The number of halogens is 2. The Kier molecular flexibility index (Phi) is 9.53. The van der Waals surface area contributed by atoms with E-state index in [4.69, 9.17) is 28.2 Å². The average Bonchev–Trinajstić information content (AvgIpc) is 3.22. The van der Waals surface area contributed by atoms with Crippen molar-refractivity contribution in [3.05, 3.63) is 75.0 Å². The topological polar surface area (TPSA) is 58.1 Å². The first-order chi connectivity index (χ1) is 15.8. The van der Waals surface area contributed by atoms with Crippen LogP contribution in [0, 0.1) is 12.8 Å². The lowest BCUT2D eigenvalue weighted by Gasteiger charge is -2.23. The fraction of sp³-hybridized carbons (Fsp3) is 0.400. The zero-order valence-corrected chi connectivity index (χ0v) is 21.6. The van der Waals surface area contributed by atoms with E-state index in [0.29, 0.717) is 48.3 Å². The quantitative estimate of drug-likeness (QED) is 0.350. The first-order valence-electron chi connectivity index (χ1n) is 11.1. The molecule has 2 aromatic carbocycles. The highest BCUT2D eigenvalue weighted by molar-refractivity contribution is 7.09. The Balaban J connectivity index is 1.52. The molecule has 0 aliphatic carbocycles. The molecule has 0 spiro atoms. The number of amides is 1. The molecule has 0 radical (unpaired) electrons. The van der Waals surface area contributed by atoms with Crippen LogP contribution in [0.4, 0.5) is 5.13 Å². The van der Waals surface area contributed by atoms with Gasteiger partial charge < -0.3 is 10.2 Å². The first-order valence-corrected chi connectivity index (χ1v) is 12.7. The third-order valence-corrected chi connectivity index (χ3v) is 6.54. The minimum Gasteiger partial charge on any atom is -0.356 e. The third kappa shape index (κ3) is 8.29. The van der Waals surface area contributed by atoms with E-state index in [2.05, 4.69) is 59.6 Å². The molecule has 8 heteroatoms. The van der Waals surface area contributed by atoms with Gasteiger partial charge in [-0.2, -0.15) is 4.37 Å². The Hall–Kier alpha value is -2.15. The van der Waals surface area contributed by atoms with Crippen molar-refractivity contribution in [3.63, 3.8) is 0 Å². The van der Waals surface area contributed by atoms with Gasteiger partial charge in [-0.3, -0.25) is 4.79 Å². The van der Waals surface area contributed by atoms with Crippen LogP contribution < -0.4 is 10.2 Å². The van der Waals surface area contributed by atoms with Crippen molar-refractivity contribution < 1.29 is 4.79 Å². The van der Waals surface area contributed by atoms with Crippen LogP contribution in [0.3, 0.4) is 0 Å². The number of aromatic nitrogens is 2. The maximum Gasteiger partial charge on any atom is 0.221 e. The number of carbonyl (C=O) groups is 1. The fourth-order valence-electron chi connectivity index (χ4n) is 3.43. The molecule has 0 saturated heterocycles. The largest absolute Gasteiger partial charge is 0.356 e. The van der Waals surface area contributed by atoms with Crippen LogP contribution in [0.1, 0.15) is 42.8 Å². The highest BCUT2D eigenvalue weighted by atomic mass is 35.5. The van der Waals surface area contributed by atoms with E-state index in [1.54, 1.807) is 6.07 Å². The van der Waals surface area contributed by atoms with Crippen molar-refractivity contribution in [1.29, 1.82) is 0 Å². The van der Waals surface area contributed by atoms with Gasteiger partial charge in [0.25, 0.3) is 0 Å². The van der Waals surface area contributed by atoms with Crippen molar-refractivity contribution in [2.24, 2.45) is 5.92 Å². The lowest BCUT2D eigenvalue weighted by atomic mass is 10.1. The predicted octanol–water partition coefficient (Wildman–Crippen LogP) is 5.96. The number of hydrogen-bond donors (Lipinski definition) is 1. The van der Waals surface area contributed by atoms with Gasteiger partial charge in [0, 0.05) is 54.1 Å². The summed E-state index contributed by atoms with van der Waals surface area (Å²) in [6, 6.07) is 13.9. The Morgan fingerprint density at radius 1 is 1.15 bits per heavy atom. The zero-order valence-electron chi connectivity index (χ0n) is 19.3. The zero-order chi connectivity index (χ0) is 23.8. The van der Waals surface area contributed by atoms with Crippen LogP contribution in [-0.4, -0.2) is 34.9 Å². The number of aryl methyl sites for hydroxylation is 1. The number of hydrogen-bond acceptors (Lipinski definition) is 5. The molecule has 0 fully saturated rings. The van der Waals surface area contributed by atoms with E-state index >= 15 is 0 Å². The lowest BCUT2D eigenvalue weighted by molar-refractivity contribution is -0.120. The number of carbonyl (C=O) groups excluding carboxylic acids is 1. The van der Waals surface area contributed by atoms with Crippen molar-refractivity contribution >= 4 is 45.8 Å². The molecule has 3 aromatic rings. The molecule has 1 aromatic heterocycles. The second-order valence-corrected chi connectivity index (χ2v) is 10.2. The van der Waals surface area contributed by atoms with E-state index < -0.39 is 0 Å². The van der Waals surface area contributed by atoms with E-state index in [-0.39, 0.29) is 5.91 Å². The SMILES string of the molecule is Cc1ccc(Cc2nsc(N(CCC(=O)NCCc3ccc(Cl)cc3Cl)CC(C)C)n2)cc1. The van der Waals surface area contributed by atoms with Crippen LogP contribution in [0.2, 0.25) is 10.0 Å². The van der Waals surface area contributed by atoms with E-state index in [1.165, 1.54) is 22.7 Å². The minimum atomic E-state index is 0.0123. The molecule has 0 aliphatic rings. The molecule has 1 heterocycles. The van der Waals surface area contributed by atoms with Gasteiger partial charge in [-0.05, 0) is 42.5 Å². The summed E-state index contributed by atoms with van der Waals surface area (Å²) in [4.78, 5) is 19.4. The molecule has 0 atom stereocenters. The van der Waals surface area contributed by atoms with Crippen molar-refractivity contribution in [2.45, 2.75) is 40.0 Å². The summed E-state index contributed by atoms with van der Waals surface area (Å²) in [6.07, 6.45) is 1.77. The van der Waals surface area contributed by atoms with E-state index in [0.717, 1.165) is 23.1 Å². The summed E-state index contributed by atoms with van der Waals surface area (Å²) in [6.45, 7) is 8.37. The van der Waals surface area contributed by atoms with Crippen LogP contribution >= 0.6 is 34.7 Å². The van der Waals surface area contributed by atoms with Gasteiger partial charge in [0.15, 0.2) is 0 Å². The van der Waals surface area contributed by atoms with Crippen LogP contribution in [0.15, 0.2) is 42.5 Å². The van der Waals surface area contributed by atoms with E-state index in [1.807, 2.05) is 12.1 Å². The van der Waals surface area contributed by atoms with Crippen molar-refractivity contribution in [2.75, 3.05) is 24.5 Å². The van der Waals surface area contributed by atoms with Gasteiger partial charge in [0.2, 0.25) is 11.0 Å². The predicted molar refractivity (Wildman–Crippen MR) is 139 cm³/mol. The summed E-state index contributed by atoms with van der Waals surface area (Å²) in [7, 11) is 0. The molecule has 5 nitrogen and oxygen atoms in total. The first kappa shape index (κ1) is 25.5. The number of anilines is 1. The van der Waals surface area contributed by atoms with Crippen molar-refractivity contribution in [3.8, 4) is 0 Å². The van der Waals surface area contributed by atoms with Gasteiger partial charge in [0.05, 0.1) is 0 Å². The Morgan fingerprint density at radius 2 is 1.91 bits per heavy atom. The Bertz CT molecular complexity index is 1050. The molecule has 0 aliphatic heterocycles. The minimum absolute atomic E-state index is 0.0123. The maximum atomic E-state index is 12.4. The molecule has 1 N–H and O–H groups in total. The molecule has 1 amide bonds. The number of nitrogens with zero attached hydrogens (tertiary/aromatic N) is 3. The van der Waals surface area contributed by atoms with E-state index in [9.17, 15) is 4.79 Å².